The number of methoxy groups -OCH3 is 1. The van der Waals surface area contributed by atoms with Crippen molar-refractivity contribution >= 4 is 23.9 Å². The zero-order chi connectivity index (χ0) is 19.3. The topological polar surface area (TPSA) is 111 Å². The maximum absolute atomic E-state index is 13.1. The molecule has 9 nitrogen and oxygen atoms in total. The number of amides is 2. The number of nitrogens with one attached hydrogen (secondary N) is 1. The molecule has 0 saturated heterocycles. The lowest BCUT2D eigenvalue weighted by Gasteiger charge is -2.35. The van der Waals surface area contributed by atoms with E-state index in [0.717, 1.165) is 7.11 Å². The zero-order valence-electron chi connectivity index (χ0n) is 14.7. The van der Waals surface area contributed by atoms with E-state index in [2.05, 4.69) is 5.43 Å². The van der Waals surface area contributed by atoms with Gasteiger partial charge in [-0.15, -0.1) is 0 Å². The SMILES string of the molecule is CCOC(=O)NN(C(=O)OCC)[C@@]1(C(=O)OC)Cc2ccccc2C1=O. The molecule has 0 aromatic heterocycles. The molecular formula is C17H20N2O7. The van der Waals surface area contributed by atoms with Gasteiger partial charge in [-0.2, -0.15) is 5.01 Å². The van der Waals surface area contributed by atoms with Crippen molar-refractivity contribution in [2.75, 3.05) is 20.3 Å². The van der Waals surface area contributed by atoms with Gasteiger partial charge < -0.3 is 14.2 Å². The number of benzene rings is 1. The summed E-state index contributed by atoms with van der Waals surface area (Å²) in [5.74, 6) is -1.67. The Labute approximate surface area is 150 Å². The van der Waals surface area contributed by atoms with Crippen molar-refractivity contribution in [3.05, 3.63) is 35.4 Å². The third kappa shape index (κ3) is 3.19. The first-order valence-corrected chi connectivity index (χ1v) is 8.03. The highest BCUT2D eigenvalue weighted by atomic mass is 16.6. The molecule has 0 spiro atoms. The van der Waals surface area contributed by atoms with E-state index in [1.54, 1.807) is 32.0 Å². The molecule has 1 aromatic carbocycles. The first-order valence-electron chi connectivity index (χ1n) is 8.03. The Kier molecular flexibility index (Phi) is 5.81. The summed E-state index contributed by atoms with van der Waals surface area (Å²) >= 11 is 0. The molecule has 0 unspecified atom stereocenters. The van der Waals surface area contributed by atoms with Crippen LogP contribution in [-0.4, -0.2) is 54.8 Å². The molecule has 0 heterocycles. The predicted molar refractivity (Wildman–Crippen MR) is 88.2 cm³/mol. The second-order valence-electron chi connectivity index (χ2n) is 5.38. The molecule has 2 amide bonds. The standard InChI is InChI=1S/C17H20N2O7/c1-4-25-15(22)18-19(16(23)26-5-2)17(14(21)24-3)10-11-8-6-7-9-12(11)13(17)20/h6-9H,4-5,10H2,1-3H3,(H,18,22)/t17-/m0/s1. The number of Topliss-reactive ketones (excluding diaryl/α,β-unsaturated/α-hetero) is 1. The van der Waals surface area contributed by atoms with Gasteiger partial charge in [0, 0.05) is 12.0 Å². The molecule has 0 radical (unpaired) electrons. The molecular weight excluding hydrogens is 344 g/mol. The van der Waals surface area contributed by atoms with Gasteiger partial charge in [0.2, 0.25) is 11.3 Å². The molecule has 0 saturated carbocycles. The number of esters is 1. The lowest BCUT2D eigenvalue weighted by atomic mass is 9.93. The van der Waals surface area contributed by atoms with E-state index in [1.807, 2.05) is 0 Å². The van der Waals surface area contributed by atoms with Crippen molar-refractivity contribution in [1.29, 1.82) is 0 Å². The summed E-state index contributed by atoms with van der Waals surface area (Å²) in [5, 5.41) is 0.558. The Bertz CT molecular complexity index is 734. The van der Waals surface area contributed by atoms with E-state index in [-0.39, 0.29) is 25.2 Å². The number of ether oxygens (including phenoxy) is 3. The quantitative estimate of drug-likeness (QED) is 0.372. The summed E-state index contributed by atoms with van der Waals surface area (Å²) in [6, 6.07) is 6.53. The third-order valence-electron chi connectivity index (χ3n) is 3.92. The van der Waals surface area contributed by atoms with Crippen LogP contribution in [0.3, 0.4) is 0 Å². The molecule has 1 N–H and O–H groups in total. The van der Waals surface area contributed by atoms with Crippen molar-refractivity contribution in [1.82, 2.24) is 10.4 Å². The lowest BCUT2D eigenvalue weighted by molar-refractivity contribution is -0.152. The molecule has 0 aliphatic heterocycles. The van der Waals surface area contributed by atoms with Gasteiger partial charge in [-0.3, -0.25) is 4.79 Å². The van der Waals surface area contributed by atoms with Crippen LogP contribution in [0.25, 0.3) is 0 Å². The average Bonchev–Trinajstić information content (AvgIpc) is 2.93. The normalized spacial score (nSPS) is 17.9. The minimum atomic E-state index is -2.11. The van der Waals surface area contributed by atoms with Crippen LogP contribution in [0.1, 0.15) is 29.8 Å². The van der Waals surface area contributed by atoms with Gasteiger partial charge in [-0.25, -0.2) is 19.8 Å². The van der Waals surface area contributed by atoms with Crippen LogP contribution in [0.4, 0.5) is 9.59 Å². The van der Waals surface area contributed by atoms with E-state index >= 15 is 0 Å². The van der Waals surface area contributed by atoms with Gasteiger partial charge in [0.05, 0.1) is 20.3 Å². The fraction of sp³-hybridized carbons (Fsp3) is 0.412. The molecule has 1 aromatic rings. The van der Waals surface area contributed by atoms with E-state index in [9.17, 15) is 19.2 Å². The fourth-order valence-corrected chi connectivity index (χ4v) is 2.82. The van der Waals surface area contributed by atoms with Gasteiger partial charge in [0.25, 0.3) is 0 Å². The monoisotopic (exact) mass is 364 g/mol. The van der Waals surface area contributed by atoms with Gasteiger partial charge in [0.15, 0.2) is 0 Å². The second-order valence-corrected chi connectivity index (χ2v) is 5.38. The van der Waals surface area contributed by atoms with Gasteiger partial charge in [0.1, 0.15) is 0 Å². The van der Waals surface area contributed by atoms with E-state index in [4.69, 9.17) is 14.2 Å². The number of carbonyl (C=O) groups excluding carboxylic acids is 4. The van der Waals surface area contributed by atoms with Crippen molar-refractivity contribution in [2.24, 2.45) is 0 Å². The molecule has 1 aliphatic rings. The molecule has 0 bridgehead atoms. The summed E-state index contributed by atoms with van der Waals surface area (Å²) in [4.78, 5) is 50.1. The third-order valence-corrected chi connectivity index (χ3v) is 3.92. The summed E-state index contributed by atoms with van der Waals surface area (Å²) in [6.45, 7) is 3.12. The second kappa shape index (κ2) is 7.85. The highest BCUT2D eigenvalue weighted by Crippen LogP contribution is 2.35. The predicted octanol–water partition coefficient (Wildman–Crippen LogP) is 1.46. The highest BCUT2D eigenvalue weighted by Gasteiger charge is 2.60. The molecule has 0 fully saturated rings. The van der Waals surface area contributed by atoms with Crippen molar-refractivity contribution in [3.8, 4) is 0 Å². The number of hydrazine groups is 1. The Morgan fingerprint density at radius 1 is 1.15 bits per heavy atom. The van der Waals surface area contributed by atoms with Crippen molar-refractivity contribution < 1.29 is 33.4 Å². The molecule has 1 atom stereocenters. The van der Waals surface area contributed by atoms with E-state index in [1.165, 1.54) is 6.07 Å². The van der Waals surface area contributed by atoms with Gasteiger partial charge >= 0.3 is 18.2 Å². The summed E-state index contributed by atoms with van der Waals surface area (Å²) < 4.78 is 14.5. The molecule has 2 rings (SSSR count). The molecule has 1 aliphatic carbocycles. The fourth-order valence-electron chi connectivity index (χ4n) is 2.82. The summed E-state index contributed by atoms with van der Waals surface area (Å²) in [6.07, 6.45) is -2.25. The van der Waals surface area contributed by atoms with Gasteiger partial charge in [-0.05, 0) is 19.4 Å². The minimum absolute atomic E-state index is 0.0295. The summed E-state index contributed by atoms with van der Waals surface area (Å²) in [5.41, 5.74) is 0.834. The Hall–Kier alpha value is -3.10. The van der Waals surface area contributed by atoms with Crippen molar-refractivity contribution in [3.63, 3.8) is 0 Å². The maximum atomic E-state index is 13.1. The lowest BCUT2D eigenvalue weighted by Crippen LogP contribution is -2.67. The van der Waals surface area contributed by atoms with Crippen LogP contribution in [0.5, 0.6) is 0 Å². The van der Waals surface area contributed by atoms with Gasteiger partial charge in [-0.1, -0.05) is 24.3 Å². The van der Waals surface area contributed by atoms with E-state index < -0.39 is 29.5 Å². The van der Waals surface area contributed by atoms with Crippen LogP contribution in [0.2, 0.25) is 0 Å². The first-order chi connectivity index (χ1) is 12.4. The summed E-state index contributed by atoms with van der Waals surface area (Å²) in [7, 11) is 1.09. The van der Waals surface area contributed by atoms with Crippen LogP contribution in [0.15, 0.2) is 24.3 Å². The zero-order valence-corrected chi connectivity index (χ0v) is 14.7. The van der Waals surface area contributed by atoms with Crippen LogP contribution in [0, 0.1) is 0 Å². The number of hydrogen-bond acceptors (Lipinski definition) is 7. The van der Waals surface area contributed by atoms with Crippen LogP contribution >= 0.6 is 0 Å². The number of nitrogens with zero attached hydrogens (tertiary/aromatic N) is 1. The smallest absolute Gasteiger partial charge is 0.430 e. The Morgan fingerprint density at radius 3 is 2.38 bits per heavy atom. The van der Waals surface area contributed by atoms with E-state index in [0.29, 0.717) is 10.6 Å². The number of rotatable bonds is 4. The minimum Gasteiger partial charge on any atom is -0.467 e. The number of hydrogen-bond donors (Lipinski definition) is 1. The number of carbonyl (C=O) groups is 4. The Balaban J connectivity index is 2.54. The molecule has 140 valence electrons. The first kappa shape index (κ1) is 19.2. The average molecular weight is 364 g/mol. The highest BCUT2D eigenvalue weighted by molar-refractivity contribution is 6.21. The van der Waals surface area contributed by atoms with Crippen LogP contribution in [-0.2, 0) is 25.4 Å². The number of fused-ring (bicyclic) bond motifs is 1. The Morgan fingerprint density at radius 2 is 1.81 bits per heavy atom. The maximum Gasteiger partial charge on any atom is 0.430 e. The van der Waals surface area contributed by atoms with Crippen LogP contribution < -0.4 is 5.43 Å². The molecule has 9 heteroatoms. The largest absolute Gasteiger partial charge is 0.467 e. The number of ketones is 1. The van der Waals surface area contributed by atoms with Crippen molar-refractivity contribution in [2.45, 2.75) is 25.8 Å². The molecule has 26 heavy (non-hydrogen) atoms.